The molecular formula is C30H43NO7S. The van der Waals surface area contributed by atoms with E-state index in [2.05, 4.69) is 6.92 Å². The highest BCUT2D eigenvalue weighted by Gasteiger charge is 2.32. The molecule has 1 amide bonds. The molecular weight excluding hydrogens is 518 g/mol. The van der Waals surface area contributed by atoms with Crippen LogP contribution in [0.15, 0.2) is 36.4 Å². The molecule has 8 nitrogen and oxygen atoms in total. The van der Waals surface area contributed by atoms with Gasteiger partial charge in [-0.2, -0.15) is 0 Å². The Balaban J connectivity index is 1.48. The monoisotopic (exact) mass is 561 g/mol. The van der Waals surface area contributed by atoms with Crippen molar-refractivity contribution in [3.63, 3.8) is 0 Å². The molecule has 1 fully saturated rings. The van der Waals surface area contributed by atoms with Crippen molar-refractivity contribution in [2.24, 2.45) is 0 Å². The standard InChI is InChI=1S/C30H43NO7S/c1-3-5-6-10-25(33)20-11-13-22(14-12-20)31-21(15-18-28(31)35)8-7-9-23-16-17-27(39-23)30(37)38-19-26(34)29(36)24(32)4-2/h11-14,16-17,21,24-26,29,32-34,36H,3-10,15,18-19H2,1-2H3/t21-,24?,25-,26?,29?/m0/s1. The minimum atomic E-state index is -1.37. The lowest BCUT2D eigenvalue weighted by Gasteiger charge is -2.25. The van der Waals surface area contributed by atoms with E-state index in [9.17, 15) is 30.0 Å². The minimum Gasteiger partial charge on any atom is -0.459 e. The van der Waals surface area contributed by atoms with E-state index in [1.165, 1.54) is 11.3 Å². The van der Waals surface area contributed by atoms with Gasteiger partial charge in [0.15, 0.2) is 0 Å². The summed E-state index contributed by atoms with van der Waals surface area (Å²) in [4.78, 5) is 28.4. The van der Waals surface area contributed by atoms with E-state index in [1.54, 1.807) is 13.0 Å². The van der Waals surface area contributed by atoms with Crippen LogP contribution in [-0.4, -0.2) is 63.3 Å². The van der Waals surface area contributed by atoms with Crippen molar-refractivity contribution in [2.45, 2.75) is 109 Å². The molecule has 1 aromatic carbocycles. The van der Waals surface area contributed by atoms with E-state index in [0.29, 0.717) is 11.3 Å². The van der Waals surface area contributed by atoms with Gasteiger partial charge < -0.3 is 30.1 Å². The van der Waals surface area contributed by atoms with E-state index >= 15 is 0 Å². The second-order valence-electron chi connectivity index (χ2n) is 10.3. The number of aliphatic hydroxyl groups excluding tert-OH is 4. The average molecular weight is 562 g/mol. The number of benzene rings is 1. The highest BCUT2D eigenvalue weighted by atomic mass is 32.1. The number of unbranched alkanes of at least 4 members (excludes halogenated alkanes) is 2. The lowest BCUT2D eigenvalue weighted by Crippen LogP contribution is -2.40. The first-order valence-corrected chi connectivity index (χ1v) is 15.0. The normalized spacial score (nSPS) is 18.7. The molecule has 1 aliphatic rings. The Bertz CT molecular complexity index is 1040. The largest absolute Gasteiger partial charge is 0.459 e. The van der Waals surface area contributed by atoms with Crippen LogP contribution >= 0.6 is 11.3 Å². The van der Waals surface area contributed by atoms with Crippen LogP contribution in [0.5, 0.6) is 0 Å². The number of hydrogen-bond donors (Lipinski definition) is 4. The Hall–Kier alpha value is -2.30. The summed E-state index contributed by atoms with van der Waals surface area (Å²) >= 11 is 1.33. The fourth-order valence-electron chi connectivity index (χ4n) is 4.95. The molecule has 0 spiro atoms. The summed E-state index contributed by atoms with van der Waals surface area (Å²) in [5.74, 6) is -0.453. The highest BCUT2D eigenvalue weighted by Crippen LogP contribution is 2.31. The van der Waals surface area contributed by atoms with Gasteiger partial charge in [-0.05, 0) is 68.4 Å². The highest BCUT2D eigenvalue weighted by molar-refractivity contribution is 7.13. The van der Waals surface area contributed by atoms with Crippen LogP contribution < -0.4 is 4.90 Å². The van der Waals surface area contributed by atoms with Gasteiger partial charge in [-0.3, -0.25) is 4.79 Å². The molecule has 1 saturated heterocycles. The van der Waals surface area contributed by atoms with Crippen molar-refractivity contribution < 1.29 is 34.8 Å². The summed E-state index contributed by atoms with van der Waals surface area (Å²) in [6.07, 6.45) is 3.77. The third-order valence-electron chi connectivity index (χ3n) is 7.38. The van der Waals surface area contributed by atoms with E-state index < -0.39 is 37.0 Å². The SMILES string of the molecule is CCCCC[C@H](O)c1ccc(N2C(=O)CC[C@@H]2CCCc2ccc(C(=O)OCC(O)C(O)C(O)CC)s2)cc1. The fraction of sp³-hybridized carbons (Fsp3) is 0.600. The first-order valence-electron chi connectivity index (χ1n) is 14.1. The number of thiophene rings is 1. The van der Waals surface area contributed by atoms with Gasteiger partial charge in [0.1, 0.15) is 23.7 Å². The Morgan fingerprint density at radius 3 is 2.46 bits per heavy atom. The van der Waals surface area contributed by atoms with Crippen molar-refractivity contribution in [2.75, 3.05) is 11.5 Å². The summed E-state index contributed by atoms with van der Waals surface area (Å²) in [6, 6.07) is 11.4. The molecule has 1 aliphatic heterocycles. The number of amides is 1. The molecule has 2 aromatic rings. The molecule has 0 radical (unpaired) electrons. The number of aliphatic hydroxyl groups is 4. The summed E-state index contributed by atoms with van der Waals surface area (Å²) in [7, 11) is 0. The van der Waals surface area contributed by atoms with Crippen LogP contribution in [0.2, 0.25) is 0 Å². The zero-order chi connectivity index (χ0) is 28.4. The average Bonchev–Trinajstić information content (AvgIpc) is 3.57. The number of ether oxygens (including phenoxy) is 1. The van der Waals surface area contributed by atoms with Gasteiger partial charge in [-0.25, -0.2) is 4.79 Å². The van der Waals surface area contributed by atoms with Gasteiger partial charge in [-0.15, -0.1) is 11.3 Å². The maximum atomic E-state index is 12.7. The molecule has 4 N–H and O–H groups in total. The third-order valence-corrected chi connectivity index (χ3v) is 8.50. The van der Waals surface area contributed by atoms with Crippen LogP contribution in [0.4, 0.5) is 5.69 Å². The predicted octanol–water partition coefficient (Wildman–Crippen LogP) is 4.53. The predicted molar refractivity (Wildman–Crippen MR) is 152 cm³/mol. The second kappa shape index (κ2) is 15.5. The second-order valence-corrected chi connectivity index (χ2v) is 11.5. The number of nitrogens with zero attached hydrogens (tertiary/aromatic N) is 1. The van der Waals surface area contributed by atoms with Crippen LogP contribution in [0.3, 0.4) is 0 Å². The molecule has 0 aliphatic carbocycles. The number of esters is 1. The van der Waals surface area contributed by atoms with Gasteiger partial charge >= 0.3 is 5.97 Å². The van der Waals surface area contributed by atoms with Crippen LogP contribution in [0, 0.1) is 0 Å². The van der Waals surface area contributed by atoms with Crippen molar-refractivity contribution >= 4 is 28.9 Å². The van der Waals surface area contributed by atoms with Crippen molar-refractivity contribution in [3.8, 4) is 0 Å². The van der Waals surface area contributed by atoms with Crippen molar-refractivity contribution in [1.82, 2.24) is 0 Å². The summed E-state index contributed by atoms with van der Waals surface area (Å²) < 4.78 is 5.12. The smallest absolute Gasteiger partial charge is 0.348 e. The number of carbonyl (C=O) groups excluding carboxylic acids is 2. The topological polar surface area (TPSA) is 128 Å². The van der Waals surface area contributed by atoms with Gasteiger partial charge in [0.25, 0.3) is 0 Å². The maximum Gasteiger partial charge on any atom is 0.348 e. The third kappa shape index (κ3) is 8.85. The molecule has 0 bridgehead atoms. The summed E-state index contributed by atoms with van der Waals surface area (Å²) in [6.45, 7) is 3.43. The fourth-order valence-corrected chi connectivity index (χ4v) is 5.89. The number of hydrogen-bond acceptors (Lipinski definition) is 8. The Morgan fingerprint density at radius 1 is 1.03 bits per heavy atom. The van der Waals surface area contributed by atoms with Gasteiger partial charge in [0, 0.05) is 23.0 Å². The van der Waals surface area contributed by atoms with Crippen LogP contribution in [0.25, 0.3) is 0 Å². The Kier molecular flexibility index (Phi) is 12.4. The molecule has 3 unspecified atom stereocenters. The summed E-state index contributed by atoms with van der Waals surface area (Å²) in [5.41, 5.74) is 1.75. The van der Waals surface area contributed by atoms with Crippen LogP contribution in [-0.2, 0) is 16.0 Å². The molecule has 1 aromatic heterocycles. The van der Waals surface area contributed by atoms with Gasteiger partial charge in [0.05, 0.1) is 12.2 Å². The molecule has 5 atom stereocenters. The first-order chi connectivity index (χ1) is 18.7. The number of aryl methyl sites for hydroxylation is 1. The maximum absolute atomic E-state index is 12.7. The summed E-state index contributed by atoms with van der Waals surface area (Å²) in [5, 5.41) is 39.8. The zero-order valence-corrected chi connectivity index (χ0v) is 23.8. The minimum absolute atomic E-state index is 0.119. The zero-order valence-electron chi connectivity index (χ0n) is 23.0. The van der Waals surface area contributed by atoms with Crippen LogP contribution in [0.1, 0.15) is 97.9 Å². The number of carbonyl (C=O) groups is 2. The molecule has 2 heterocycles. The number of rotatable bonds is 16. The molecule has 9 heteroatoms. The van der Waals surface area contributed by atoms with E-state index in [4.69, 9.17) is 4.74 Å². The Labute approximate surface area is 235 Å². The first kappa shape index (κ1) is 31.2. The Morgan fingerprint density at radius 2 is 1.77 bits per heavy atom. The molecule has 39 heavy (non-hydrogen) atoms. The lowest BCUT2D eigenvalue weighted by molar-refractivity contribution is -0.117. The van der Waals surface area contributed by atoms with E-state index in [1.807, 2.05) is 35.2 Å². The van der Waals surface area contributed by atoms with E-state index in [0.717, 1.165) is 67.5 Å². The van der Waals surface area contributed by atoms with Crippen molar-refractivity contribution in [1.29, 1.82) is 0 Å². The van der Waals surface area contributed by atoms with Gasteiger partial charge in [-0.1, -0.05) is 45.2 Å². The molecule has 216 valence electrons. The van der Waals surface area contributed by atoms with Crippen molar-refractivity contribution in [3.05, 3.63) is 51.7 Å². The molecule has 0 saturated carbocycles. The van der Waals surface area contributed by atoms with E-state index in [-0.39, 0.29) is 18.4 Å². The van der Waals surface area contributed by atoms with Gasteiger partial charge in [0.2, 0.25) is 5.91 Å². The quantitative estimate of drug-likeness (QED) is 0.175. The number of anilines is 1. The lowest BCUT2D eigenvalue weighted by atomic mass is 10.0. The molecule has 3 rings (SSSR count).